The zero-order chi connectivity index (χ0) is 19.4. The number of hydrogen-bond acceptors (Lipinski definition) is 4. The molecule has 0 radical (unpaired) electrons. The Kier molecular flexibility index (Phi) is 5.71. The highest BCUT2D eigenvalue weighted by Crippen LogP contribution is 2.18. The van der Waals surface area contributed by atoms with Crippen LogP contribution in [0.1, 0.15) is 51.0 Å². The van der Waals surface area contributed by atoms with Gasteiger partial charge in [0.15, 0.2) is 5.78 Å². The normalized spacial score (nSPS) is 16.1. The molecule has 2 aromatic rings. The Morgan fingerprint density at radius 1 is 1.22 bits per heavy atom. The Hall–Kier alpha value is -2.93. The number of aromatic nitrogens is 1. The van der Waals surface area contributed by atoms with Crippen molar-refractivity contribution in [2.24, 2.45) is 7.05 Å². The standard InChI is InChI=1S/C20H23N3O4/c1-13(24)14-10-18(23(2)12-14)20(26)22-17-8-4-3-7-16(17)19(25)21-11-15-6-5-9-27-15/h3-4,7-8,10,12,15H,5-6,9,11H2,1-2H3,(H,21,25)(H,22,26)/t15-/m0/s1. The summed E-state index contributed by atoms with van der Waals surface area (Å²) in [7, 11) is 1.70. The number of carbonyl (C=O) groups excluding carboxylic acids is 3. The highest BCUT2D eigenvalue weighted by atomic mass is 16.5. The van der Waals surface area contributed by atoms with Gasteiger partial charge in [-0.1, -0.05) is 12.1 Å². The summed E-state index contributed by atoms with van der Waals surface area (Å²) in [6.07, 6.45) is 3.60. The number of aryl methyl sites for hydroxylation is 1. The molecule has 2 heterocycles. The number of ether oxygens (including phenoxy) is 1. The van der Waals surface area contributed by atoms with Gasteiger partial charge in [0.05, 0.1) is 17.4 Å². The van der Waals surface area contributed by atoms with E-state index in [1.807, 2.05) is 0 Å². The summed E-state index contributed by atoms with van der Waals surface area (Å²) in [5.41, 5.74) is 1.60. The van der Waals surface area contributed by atoms with Crippen molar-refractivity contribution in [3.05, 3.63) is 53.3 Å². The van der Waals surface area contributed by atoms with Gasteiger partial charge in [0.25, 0.3) is 11.8 Å². The molecule has 1 aromatic heterocycles. The monoisotopic (exact) mass is 369 g/mol. The number of rotatable bonds is 6. The fourth-order valence-electron chi connectivity index (χ4n) is 3.07. The number of benzene rings is 1. The molecular weight excluding hydrogens is 346 g/mol. The van der Waals surface area contributed by atoms with Crippen LogP contribution < -0.4 is 10.6 Å². The molecule has 27 heavy (non-hydrogen) atoms. The average molecular weight is 369 g/mol. The van der Waals surface area contributed by atoms with Crippen molar-refractivity contribution in [2.75, 3.05) is 18.5 Å². The van der Waals surface area contributed by atoms with E-state index in [9.17, 15) is 14.4 Å². The van der Waals surface area contributed by atoms with Gasteiger partial charge < -0.3 is 19.9 Å². The van der Waals surface area contributed by atoms with Gasteiger partial charge in [-0.15, -0.1) is 0 Å². The first-order valence-electron chi connectivity index (χ1n) is 8.93. The minimum Gasteiger partial charge on any atom is -0.376 e. The van der Waals surface area contributed by atoms with Gasteiger partial charge in [-0.3, -0.25) is 14.4 Å². The lowest BCUT2D eigenvalue weighted by atomic mass is 10.1. The predicted octanol–water partition coefficient (Wildman–Crippen LogP) is 2.39. The van der Waals surface area contributed by atoms with Gasteiger partial charge in [-0.25, -0.2) is 0 Å². The van der Waals surface area contributed by atoms with E-state index in [2.05, 4.69) is 10.6 Å². The smallest absolute Gasteiger partial charge is 0.272 e. The van der Waals surface area contributed by atoms with Crippen LogP contribution in [0.4, 0.5) is 5.69 Å². The van der Waals surface area contributed by atoms with E-state index in [0.29, 0.717) is 29.1 Å². The molecule has 1 atom stereocenters. The van der Waals surface area contributed by atoms with E-state index < -0.39 is 0 Å². The molecule has 1 aliphatic heterocycles. The first-order chi connectivity index (χ1) is 13.0. The van der Waals surface area contributed by atoms with Crippen LogP contribution in [0.2, 0.25) is 0 Å². The summed E-state index contributed by atoms with van der Waals surface area (Å²) in [4.78, 5) is 36.7. The first kappa shape index (κ1) is 18.8. The number of ketones is 1. The quantitative estimate of drug-likeness (QED) is 0.765. The number of anilines is 1. The van der Waals surface area contributed by atoms with Crippen LogP contribution in [0.3, 0.4) is 0 Å². The third kappa shape index (κ3) is 4.43. The predicted molar refractivity (Wildman–Crippen MR) is 101 cm³/mol. The summed E-state index contributed by atoms with van der Waals surface area (Å²) in [6, 6.07) is 8.36. The summed E-state index contributed by atoms with van der Waals surface area (Å²) >= 11 is 0. The van der Waals surface area contributed by atoms with Gasteiger partial charge in [0, 0.05) is 32.0 Å². The van der Waals surface area contributed by atoms with Gasteiger partial charge in [-0.05, 0) is 38.0 Å². The lowest BCUT2D eigenvalue weighted by Crippen LogP contribution is -2.32. The number of carbonyl (C=O) groups is 3. The molecule has 0 unspecified atom stereocenters. The molecule has 0 spiro atoms. The molecule has 1 aliphatic rings. The summed E-state index contributed by atoms with van der Waals surface area (Å²) < 4.78 is 7.10. The van der Waals surface area contributed by atoms with E-state index in [4.69, 9.17) is 4.74 Å². The molecule has 1 aromatic carbocycles. The minimum atomic E-state index is -0.385. The SMILES string of the molecule is CC(=O)c1cc(C(=O)Nc2ccccc2C(=O)NC[C@@H]2CCCO2)n(C)c1. The molecule has 1 fully saturated rings. The van der Waals surface area contributed by atoms with Crippen molar-refractivity contribution in [2.45, 2.75) is 25.9 Å². The Bertz CT molecular complexity index is 866. The molecule has 2 amide bonds. The maximum absolute atomic E-state index is 12.6. The fourth-order valence-corrected chi connectivity index (χ4v) is 3.07. The second-order valence-electron chi connectivity index (χ2n) is 6.63. The third-order valence-electron chi connectivity index (χ3n) is 4.58. The lowest BCUT2D eigenvalue weighted by Gasteiger charge is -2.14. The Labute approximate surface area is 157 Å². The van der Waals surface area contributed by atoms with E-state index in [-0.39, 0.29) is 23.7 Å². The fraction of sp³-hybridized carbons (Fsp3) is 0.350. The number of nitrogens with one attached hydrogen (secondary N) is 2. The van der Waals surface area contributed by atoms with Crippen molar-refractivity contribution < 1.29 is 19.1 Å². The largest absolute Gasteiger partial charge is 0.376 e. The van der Waals surface area contributed by atoms with Crippen LogP contribution >= 0.6 is 0 Å². The molecule has 3 rings (SSSR count). The van der Waals surface area contributed by atoms with E-state index in [1.165, 1.54) is 13.0 Å². The van der Waals surface area contributed by atoms with Crippen LogP contribution in [0.15, 0.2) is 36.5 Å². The summed E-state index contributed by atoms with van der Waals surface area (Å²) in [5, 5.41) is 5.63. The number of para-hydroxylation sites is 1. The molecule has 142 valence electrons. The Morgan fingerprint density at radius 2 is 2.00 bits per heavy atom. The number of Topliss-reactive ketones (excluding diaryl/α,β-unsaturated/α-hetero) is 1. The van der Waals surface area contributed by atoms with E-state index >= 15 is 0 Å². The van der Waals surface area contributed by atoms with Crippen LogP contribution in [0, 0.1) is 0 Å². The van der Waals surface area contributed by atoms with Crippen LogP contribution in [0.25, 0.3) is 0 Å². The van der Waals surface area contributed by atoms with Crippen molar-refractivity contribution in [1.29, 1.82) is 0 Å². The molecule has 7 heteroatoms. The lowest BCUT2D eigenvalue weighted by molar-refractivity contribution is 0.0858. The second kappa shape index (κ2) is 8.18. The van der Waals surface area contributed by atoms with Crippen molar-refractivity contribution in [1.82, 2.24) is 9.88 Å². The number of hydrogen-bond donors (Lipinski definition) is 2. The maximum Gasteiger partial charge on any atom is 0.272 e. The number of nitrogens with zero attached hydrogens (tertiary/aromatic N) is 1. The van der Waals surface area contributed by atoms with Gasteiger partial charge >= 0.3 is 0 Å². The topological polar surface area (TPSA) is 89.4 Å². The van der Waals surface area contributed by atoms with Crippen LogP contribution in [-0.4, -0.2) is 41.4 Å². The highest BCUT2D eigenvalue weighted by Gasteiger charge is 2.20. The zero-order valence-electron chi connectivity index (χ0n) is 15.5. The maximum atomic E-state index is 12.6. The van der Waals surface area contributed by atoms with Gasteiger partial charge in [-0.2, -0.15) is 0 Å². The average Bonchev–Trinajstić information content (AvgIpc) is 3.29. The molecule has 1 saturated heterocycles. The molecule has 7 nitrogen and oxygen atoms in total. The minimum absolute atomic E-state index is 0.0454. The second-order valence-corrected chi connectivity index (χ2v) is 6.63. The zero-order valence-corrected chi connectivity index (χ0v) is 15.5. The van der Waals surface area contributed by atoms with E-state index in [0.717, 1.165) is 19.4 Å². The Balaban J connectivity index is 1.72. The van der Waals surface area contributed by atoms with Gasteiger partial charge in [0.1, 0.15) is 5.69 Å². The molecule has 2 N–H and O–H groups in total. The van der Waals surface area contributed by atoms with Crippen molar-refractivity contribution >= 4 is 23.3 Å². The highest BCUT2D eigenvalue weighted by molar-refractivity contribution is 6.09. The van der Waals surface area contributed by atoms with Crippen LogP contribution in [-0.2, 0) is 11.8 Å². The molecule has 0 saturated carbocycles. The molecular formula is C20H23N3O4. The summed E-state index contributed by atoms with van der Waals surface area (Å²) in [6.45, 7) is 2.62. The summed E-state index contributed by atoms with van der Waals surface area (Å²) in [5.74, 6) is -0.763. The Morgan fingerprint density at radius 3 is 2.67 bits per heavy atom. The van der Waals surface area contributed by atoms with E-state index in [1.54, 1.807) is 42.1 Å². The van der Waals surface area contributed by atoms with Crippen molar-refractivity contribution in [3.8, 4) is 0 Å². The number of amides is 2. The van der Waals surface area contributed by atoms with Crippen LogP contribution in [0.5, 0.6) is 0 Å². The first-order valence-corrected chi connectivity index (χ1v) is 8.93. The third-order valence-corrected chi connectivity index (χ3v) is 4.58. The van der Waals surface area contributed by atoms with Crippen molar-refractivity contribution in [3.63, 3.8) is 0 Å². The molecule has 0 bridgehead atoms. The van der Waals surface area contributed by atoms with Gasteiger partial charge in [0.2, 0.25) is 0 Å². The molecule has 0 aliphatic carbocycles.